The molecule has 2 atom stereocenters. The van der Waals surface area contributed by atoms with Crippen LogP contribution in [0, 0.1) is 11.8 Å². The molecule has 43 heavy (non-hydrogen) atoms. The van der Waals surface area contributed by atoms with Gasteiger partial charge in [-0.25, -0.2) is 0 Å². The first-order valence-electron chi connectivity index (χ1n) is 13.5. The van der Waals surface area contributed by atoms with Crippen LogP contribution in [0.4, 0.5) is 26.3 Å². The monoisotopic (exact) mass is 636 g/mol. The van der Waals surface area contributed by atoms with Crippen LogP contribution in [0.1, 0.15) is 40.8 Å². The maximum atomic E-state index is 13.2. The zero-order valence-electron chi connectivity index (χ0n) is 22.5. The van der Waals surface area contributed by atoms with Crippen molar-refractivity contribution < 1.29 is 35.9 Å². The number of carbonyl (C=O) groups excluding carboxylic acids is 2. The van der Waals surface area contributed by atoms with Gasteiger partial charge in [-0.3, -0.25) is 9.59 Å². The molecule has 0 spiro atoms. The largest absolute Gasteiger partial charge is 0.416 e. The van der Waals surface area contributed by atoms with Crippen LogP contribution < -0.4 is 10.6 Å². The Balaban J connectivity index is 1.18. The number of hydrogen-bond donors (Lipinski definition) is 2. The van der Waals surface area contributed by atoms with Gasteiger partial charge < -0.3 is 10.6 Å². The topological polar surface area (TPSA) is 58.2 Å². The lowest BCUT2D eigenvalue weighted by molar-refractivity contribution is -0.143. The highest BCUT2D eigenvalue weighted by atomic mass is 32.1. The molecule has 4 nitrogen and oxygen atoms in total. The summed E-state index contributed by atoms with van der Waals surface area (Å²) in [5.41, 5.74) is -2.21. The Kier molecular flexibility index (Phi) is 8.98. The lowest BCUT2D eigenvalue weighted by Gasteiger charge is -2.19. The number of alkyl halides is 6. The molecule has 0 aliphatic heterocycles. The highest BCUT2D eigenvalue weighted by Crippen LogP contribution is 2.39. The Bertz CT molecular complexity index is 1540. The quantitative estimate of drug-likeness (QED) is 0.191. The fourth-order valence-corrected chi connectivity index (χ4v) is 6.96. The molecular formula is C31H26F6N2O2S2. The van der Waals surface area contributed by atoms with Crippen molar-refractivity contribution in [3.05, 3.63) is 93.7 Å². The maximum absolute atomic E-state index is 13.2. The summed E-state index contributed by atoms with van der Waals surface area (Å²) in [5.74, 6) is -1.39. The molecule has 2 N–H and O–H groups in total. The molecule has 2 aromatic heterocycles. The van der Waals surface area contributed by atoms with Gasteiger partial charge in [0.05, 0.1) is 17.7 Å². The summed E-state index contributed by atoms with van der Waals surface area (Å²) in [7, 11) is 0. The molecule has 1 fully saturated rings. The summed E-state index contributed by atoms with van der Waals surface area (Å²) < 4.78 is 79.4. The third kappa shape index (κ3) is 7.48. The second-order valence-corrected chi connectivity index (χ2v) is 12.4. The number of amides is 2. The first-order chi connectivity index (χ1) is 20.4. The fraction of sp³-hybridized carbons (Fsp3) is 0.290. The number of thiophene rings is 2. The molecule has 12 heteroatoms. The fourth-order valence-electron chi connectivity index (χ4n) is 5.17. The zero-order chi connectivity index (χ0) is 30.8. The number of rotatable bonds is 8. The Morgan fingerprint density at radius 2 is 1.33 bits per heavy atom. The van der Waals surface area contributed by atoms with Crippen LogP contribution in [0.5, 0.6) is 0 Å². The van der Waals surface area contributed by atoms with E-state index in [4.69, 9.17) is 0 Å². The third-order valence-electron chi connectivity index (χ3n) is 7.39. The Morgan fingerprint density at radius 1 is 0.721 bits per heavy atom. The van der Waals surface area contributed by atoms with Gasteiger partial charge in [-0.15, -0.1) is 22.7 Å². The van der Waals surface area contributed by atoms with Crippen molar-refractivity contribution in [3.8, 4) is 20.9 Å². The lowest BCUT2D eigenvalue weighted by Crippen LogP contribution is -2.39. The average molecular weight is 637 g/mol. The summed E-state index contributed by atoms with van der Waals surface area (Å²) in [6.07, 6.45) is -7.97. The summed E-state index contributed by atoms with van der Waals surface area (Å²) in [4.78, 5) is 29.3. The van der Waals surface area contributed by atoms with Crippen molar-refractivity contribution in [2.45, 2.75) is 44.7 Å². The third-order valence-corrected chi connectivity index (χ3v) is 9.54. The number of halogens is 6. The first-order valence-corrected chi connectivity index (χ1v) is 15.1. The van der Waals surface area contributed by atoms with Crippen molar-refractivity contribution in [2.24, 2.45) is 11.8 Å². The van der Waals surface area contributed by atoms with Crippen molar-refractivity contribution in [1.29, 1.82) is 0 Å². The van der Waals surface area contributed by atoms with Gasteiger partial charge in [-0.1, -0.05) is 36.8 Å². The molecule has 2 aromatic carbocycles. The predicted molar refractivity (Wildman–Crippen MR) is 154 cm³/mol. The van der Waals surface area contributed by atoms with E-state index < -0.39 is 35.3 Å². The molecule has 1 saturated carbocycles. The van der Waals surface area contributed by atoms with Gasteiger partial charge in [0.2, 0.25) is 11.8 Å². The van der Waals surface area contributed by atoms with Crippen LogP contribution in [-0.2, 0) is 35.0 Å². The smallest absolute Gasteiger partial charge is 0.352 e. The number of nitrogens with one attached hydrogen (secondary N) is 2. The Hall–Kier alpha value is -3.64. The van der Waals surface area contributed by atoms with E-state index in [0.29, 0.717) is 37.1 Å². The molecule has 1 aliphatic rings. The molecule has 1 unspecified atom stereocenters. The van der Waals surface area contributed by atoms with E-state index >= 15 is 0 Å². The zero-order valence-corrected chi connectivity index (χ0v) is 24.2. The molecular weight excluding hydrogens is 610 g/mol. The predicted octanol–water partition coefficient (Wildman–Crippen LogP) is 8.53. The van der Waals surface area contributed by atoms with Crippen LogP contribution in [0.25, 0.3) is 20.9 Å². The number of benzene rings is 2. The van der Waals surface area contributed by atoms with Crippen LogP contribution in [0.3, 0.4) is 0 Å². The van der Waals surface area contributed by atoms with E-state index in [1.165, 1.54) is 24.3 Å². The average Bonchev–Trinajstić information content (AvgIpc) is 3.76. The van der Waals surface area contributed by atoms with Gasteiger partial charge in [-0.05, 0) is 71.3 Å². The molecule has 2 heterocycles. The van der Waals surface area contributed by atoms with Gasteiger partial charge in [0, 0.05) is 33.0 Å². The minimum Gasteiger partial charge on any atom is -0.352 e. The van der Waals surface area contributed by atoms with E-state index in [1.54, 1.807) is 22.7 Å². The summed E-state index contributed by atoms with van der Waals surface area (Å²) in [5, 5.41) is 7.79. The van der Waals surface area contributed by atoms with E-state index in [9.17, 15) is 35.9 Å². The van der Waals surface area contributed by atoms with Gasteiger partial charge in [-0.2, -0.15) is 26.3 Å². The molecule has 0 radical (unpaired) electrons. The molecule has 4 aromatic rings. The van der Waals surface area contributed by atoms with Crippen LogP contribution in [0.15, 0.2) is 72.1 Å². The van der Waals surface area contributed by atoms with Crippen molar-refractivity contribution in [3.63, 3.8) is 0 Å². The van der Waals surface area contributed by atoms with Crippen molar-refractivity contribution >= 4 is 34.5 Å². The first kappa shape index (κ1) is 30.8. The number of carbonyl (C=O) groups is 2. The van der Waals surface area contributed by atoms with E-state index in [1.807, 2.05) is 29.6 Å². The molecule has 5 rings (SSSR count). The Labute approximate surface area is 251 Å². The highest BCUT2D eigenvalue weighted by Gasteiger charge is 2.38. The van der Waals surface area contributed by atoms with Crippen LogP contribution in [0.2, 0.25) is 0 Å². The molecule has 1 aliphatic carbocycles. The summed E-state index contributed by atoms with van der Waals surface area (Å²) >= 11 is 3.25. The van der Waals surface area contributed by atoms with Gasteiger partial charge in [0.15, 0.2) is 0 Å². The van der Waals surface area contributed by atoms with E-state index in [-0.39, 0.29) is 35.6 Å². The van der Waals surface area contributed by atoms with Crippen LogP contribution >= 0.6 is 22.7 Å². The SMILES string of the molecule is O=C(NCc1ccc(-c2cc(C(F)(F)F)cc(C(F)(F)F)c2)cc1)C1CCC[C@H]1C(=O)NCc1ccc(-c2cccs2)s1. The van der Waals surface area contributed by atoms with Crippen LogP contribution in [-0.4, -0.2) is 11.8 Å². The normalized spacial score (nSPS) is 17.2. The summed E-state index contributed by atoms with van der Waals surface area (Å²) in [6.45, 7) is 0.476. The lowest BCUT2D eigenvalue weighted by atomic mass is 9.94. The highest BCUT2D eigenvalue weighted by molar-refractivity contribution is 7.21. The van der Waals surface area contributed by atoms with Gasteiger partial charge in [0.25, 0.3) is 0 Å². The molecule has 2 amide bonds. The minimum atomic E-state index is -4.94. The second-order valence-electron chi connectivity index (χ2n) is 10.3. The molecule has 0 saturated heterocycles. The molecule has 0 bridgehead atoms. The number of hydrogen-bond acceptors (Lipinski definition) is 4. The summed E-state index contributed by atoms with van der Waals surface area (Å²) in [6, 6.07) is 15.4. The van der Waals surface area contributed by atoms with Crippen molar-refractivity contribution in [1.82, 2.24) is 10.6 Å². The van der Waals surface area contributed by atoms with Crippen molar-refractivity contribution in [2.75, 3.05) is 0 Å². The Morgan fingerprint density at radius 3 is 1.88 bits per heavy atom. The maximum Gasteiger partial charge on any atom is 0.416 e. The molecule has 226 valence electrons. The van der Waals surface area contributed by atoms with E-state index in [0.717, 1.165) is 21.1 Å². The van der Waals surface area contributed by atoms with E-state index in [2.05, 4.69) is 10.6 Å². The second kappa shape index (κ2) is 12.5. The standard InChI is InChI=1S/C31H26F6N2O2S2/c32-30(33,34)21-13-20(14-22(15-21)31(35,36)37)19-8-6-18(7-9-19)16-38-28(40)24-3-1-4-25(24)29(41)39-17-23-10-11-27(43-23)26-5-2-12-42-26/h2,5-15,24-25H,1,3-4,16-17H2,(H,38,40)(H,39,41)/t24?,25-/m1/s1. The minimum absolute atomic E-state index is 0.0916. The van der Waals surface area contributed by atoms with Gasteiger partial charge >= 0.3 is 12.4 Å². The van der Waals surface area contributed by atoms with Gasteiger partial charge in [0.1, 0.15) is 0 Å².